The average molecular weight is 398 g/mol. The van der Waals surface area contributed by atoms with Gasteiger partial charge < -0.3 is 24.1 Å². The zero-order chi connectivity index (χ0) is 20.6. The van der Waals surface area contributed by atoms with Gasteiger partial charge >= 0.3 is 11.9 Å². The van der Waals surface area contributed by atoms with E-state index in [9.17, 15) is 14.7 Å². The molecule has 7 nitrogen and oxygen atoms in total. The quantitative estimate of drug-likeness (QED) is 0.539. The number of hydrogen-bond donors (Lipinski definition) is 1. The number of esters is 2. The maximum atomic E-state index is 12.4. The molecule has 29 heavy (non-hydrogen) atoms. The number of benzene rings is 2. The predicted octanol–water partition coefficient (Wildman–Crippen LogP) is 2.36. The zero-order valence-electron chi connectivity index (χ0n) is 15.7. The molecule has 1 aliphatic rings. The van der Waals surface area contributed by atoms with Gasteiger partial charge in [-0.2, -0.15) is 0 Å². The second-order valence-electron chi connectivity index (χ2n) is 6.36. The molecule has 1 heterocycles. The molecular formula is C22H22O7. The molecule has 0 aliphatic carbocycles. The smallest absolute Gasteiger partial charge is 0.338 e. The van der Waals surface area contributed by atoms with E-state index in [0.29, 0.717) is 11.1 Å². The molecule has 0 bridgehead atoms. The first-order valence-corrected chi connectivity index (χ1v) is 9.14. The van der Waals surface area contributed by atoms with Gasteiger partial charge in [-0.1, -0.05) is 42.5 Å². The normalized spacial score (nSPS) is 23.3. The summed E-state index contributed by atoms with van der Waals surface area (Å²) in [6, 6.07) is 16.8. The van der Waals surface area contributed by atoms with Crippen molar-refractivity contribution in [1.82, 2.24) is 0 Å². The minimum Gasteiger partial charge on any atom is -0.459 e. The van der Waals surface area contributed by atoms with Gasteiger partial charge in [0.15, 0.2) is 12.4 Å². The Bertz CT molecular complexity index is 822. The summed E-state index contributed by atoms with van der Waals surface area (Å²) < 4.78 is 21.8. The highest BCUT2D eigenvalue weighted by atomic mass is 16.7. The van der Waals surface area contributed by atoms with Crippen molar-refractivity contribution < 1.29 is 33.6 Å². The summed E-state index contributed by atoms with van der Waals surface area (Å²) in [7, 11) is 0. The van der Waals surface area contributed by atoms with Crippen molar-refractivity contribution >= 4 is 11.9 Å². The van der Waals surface area contributed by atoms with Gasteiger partial charge in [0.05, 0.1) is 17.7 Å². The van der Waals surface area contributed by atoms with E-state index in [0.717, 1.165) is 0 Å². The molecule has 0 spiro atoms. The van der Waals surface area contributed by atoms with Gasteiger partial charge in [-0.15, -0.1) is 6.58 Å². The van der Waals surface area contributed by atoms with E-state index in [1.54, 1.807) is 60.7 Å². The van der Waals surface area contributed by atoms with Crippen molar-refractivity contribution in [3.8, 4) is 0 Å². The maximum Gasteiger partial charge on any atom is 0.338 e. The standard InChI is InChI=1S/C22H22O7/c1-2-13-26-22-18(23)19(29-21(25)16-11-7-4-8-12-16)17(28-22)14-27-20(24)15-9-5-3-6-10-15/h2-12,17-19,22-23H,1,13-14H2/t17-,18+,19-,22-/m1/s1. The molecule has 1 fully saturated rings. The molecule has 4 atom stereocenters. The van der Waals surface area contributed by atoms with Crippen LogP contribution in [0.25, 0.3) is 0 Å². The van der Waals surface area contributed by atoms with Gasteiger partial charge in [0.25, 0.3) is 0 Å². The molecule has 2 aromatic rings. The van der Waals surface area contributed by atoms with Crippen molar-refractivity contribution in [2.24, 2.45) is 0 Å². The van der Waals surface area contributed by atoms with Crippen LogP contribution >= 0.6 is 0 Å². The molecule has 152 valence electrons. The van der Waals surface area contributed by atoms with Crippen LogP contribution in [0.15, 0.2) is 73.3 Å². The minimum atomic E-state index is -1.25. The van der Waals surface area contributed by atoms with Gasteiger partial charge in [0.1, 0.15) is 18.8 Å². The number of carbonyl (C=O) groups excluding carboxylic acids is 2. The average Bonchev–Trinajstić information content (AvgIpc) is 3.06. The molecule has 0 aromatic heterocycles. The Morgan fingerprint density at radius 1 is 1.00 bits per heavy atom. The molecule has 0 saturated carbocycles. The molecule has 0 amide bonds. The first-order valence-electron chi connectivity index (χ1n) is 9.14. The highest BCUT2D eigenvalue weighted by Crippen LogP contribution is 2.26. The van der Waals surface area contributed by atoms with Crippen molar-refractivity contribution in [2.75, 3.05) is 13.2 Å². The van der Waals surface area contributed by atoms with E-state index in [-0.39, 0.29) is 13.2 Å². The van der Waals surface area contributed by atoms with Crippen LogP contribution in [0.3, 0.4) is 0 Å². The van der Waals surface area contributed by atoms with E-state index >= 15 is 0 Å². The highest BCUT2D eigenvalue weighted by Gasteiger charge is 2.47. The first kappa shape index (κ1) is 20.7. The van der Waals surface area contributed by atoms with Crippen LogP contribution < -0.4 is 0 Å². The van der Waals surface area contributed by atoms with Crippen LogP contribution in [0.1, 0.15) is 20.7 Å². The third-order valence-corrected chi connectivity index (χ3v) is 4.31. The van der Waals surface area contributed by atoms with Crippen LogP contribution in [-0.2, 0) is 18.9 Å². The molecule has 0 radical (unpaired) electrons. The Kier molecular flexibility index (Phi) is 7.13. The number of rotatable bonds is 8. The third-order valence-electron chi connectivity index (χ3n) is 4.31. The second kappa shape index (κ2) is 9.97. The Labute approximate surface area is 168 Å². The molecule has 1 saturated heterocycles. The Hall–Kier alpha value is -3.00. The molecule has 2 aromatic carbocycles. The van der Waals surface area contributed by atoms with Gasteiger partial charge in [0, 0.05) is 0 Å². The van der Waals surface area contributed by atoms with E-state index < -0.39 is 36.5 Å². The van der Waals surface area contributed by atoms with Gasteiger partial charge in [-0.3, -0.25) is 0 Å². The lowest BCUT2D eigenvalue weighted by atomic mass is 10.1. The van der Waals surface area contributed by atoms with Crippen LogP contribution in [-0.4, -0.2) is 54.9 Å². The number of aliphatic hydroxyl groups is 1. The van der Waals surface area contributed by atoms with E-state index in [2.05, 4.69) is 6.58 Å². The van der Waals surface area contributed by atoms with E-state index in [1.165, 1.54) is 6.08 Å². The summed E-state index contributed by atoms with van der Waals surface area (Å²) in [6.07, 6.45) is -2.74. The second-order valence-corrected chi connectivity index (χ2v) is 6.36. The van der Waals surface area contributed by atoms with Gasteiger partial charge in [-0.05, 0) is 24.3 Å². The van der Waals surface area contributed by atoms with Crippen LogP contribution in [0.5, 0.6) is 0 Å². The molecular weight excluding hydrogens is 376 g/mol. The topological polar surface area (TPSA) is 91.3 Å². The summed E-state index contributed by atoms with van der Waals surface area (Å²) in [5.74, 6) is -1.17. The zero-order valence-corrected chi connectivity index (χ0v) is 15.7. The van der Waals surface area contributed by atoms with Crippen LogP contribution in [0.2, 0.25) is 0 Å². The lowest BCUT2D eigenvalue weighted by molar-refractivity contribution is -0.163. The predicted molar refractivity (Wildman–Crippen MR) is 103 cm³/mol. The van der Waals surface area contributed by atoms with Crippen LogP contribution in [0, 0.1) is 0 Å². The molecule has 7 heteroatoms. The van der Waals surface area contributed by atoms with E-state index in [4.69, 9.17) is 18.9 Å². The summed E-state index contributed by atoms with van der Waals surface area (Å²) >= 11 is 0. The van der Waals surface area contributed by atoms with Crippen molar-refractivity contribution in [3.05, 3.63) is 84.4 Å². The Morgan fingerprint density at radius 3 is 2.17 bits per heavy atom. The fourth-order valence-electron chi connectivity index (χ4n) is 2.87. The summed E-state index contributed by atoms with van der Waals surface area (Å²) in [5.41, 5.74) is 0.707. The number of ether oxygens (including phenoxy) is 4. The molecule has 0 unspecified atom stereocenters. The number of carbonyl (C=O) groups is 2. The van der Waals surface area contributed by atoms with E-state index in [1.807, 2.05) is 0 Å². The minimum absolute atomic E-state index is 0.137. The molecule has 1 aliphatic heterocycles. The molecule has 1 N–H and O–H groups in total. The fourth-order valence-corrected chi connectivity index (χ4v) is 2.87. The van der Waals surface area contributed by atoms with Gasteiger partial charge in [-0.25, -0.2) is 9.59 Å². The first-order chi connectivity index (χ1) is 14.1. The fraction of sp³-hybridized carbons (Fsp3) is 0.273. The van der Waals surface area contributed by atoms with Crippen molar-refractivity contribution in [3.63, 3.8) is 0 Å². The summed E-state index contributed by atoms with van der Waals surface area (Å²) in [6.45, 7) is 3.47. The monoisotopic (exact) mass is 398 g/mol. The van der Waals surface area contributed by atoms with Crippen LogP contribution in [0.4, 0.5) is 0 Å². The summed E-state index contributed by atoms with van der Waals surface area (Å²) in [4.78, 5) is 24.6. The highest BCUT2D eigenvalue weighted by molar-refractivity contribution is 5.90. The SMILES string of the molecule is C=CCO[C@@H]1O[C@H](COC(=O)c2ccccc2)[C@@H](OC(=O)c2ccccc2)[C@@H]1O. The van der Waals surface area contributed by atoms with Gasteiger partial charge in [0.2, 0.25) is 0 Å². The maximum absolute atomic E-state index is 12.4. The molecule has 3 rings (SSSR count). The lowest BCUT2D eigenvalue weighted by Gasteiger charge is -2.20. The van der Waals surface area contributed by atoms with Crippen molar-refractivity contribution in [2.45, 2.75) is 24.6 Å². The lowest BCUT2D eigenvalue weighted by Crippen LogP contribution is -2.39. The third kappa shape index (κ3) is 5.29. The summed E-state index contributed by atoms with van der Waals surface area (Å²) in [5, 5.41) is 10.5. The largest absolute Gasteiger partial charge is 0.459 e. The number of aliphatic hydroxyl groups excluding tert-OH is 1. The Morgan fingerprint density at radius 2 is 1.59 bits per heavy atom. The van der Waals surface area contributed by atoms with Crippen molar-refractivity contribution in [1.29, 1.82) is 0 Å². The number of hydrogen-bond acceptors (Lipinski definition) is 7. The Balaban J connectivity index is 1.68.